The van der Waals surface area contributed by atoms with E-state index in [4.69, 9.17) is 4.74 Å². The number of ether oxygens (including phenoxy) is 1. The number of aliphatic hydroxyl groups is 1. The number of nitrogens with zero attached hydrogens (tertiary/aromatic N) is 1. The van der Waals surface area contributed by atoms with Crippen molar-refractivity contribution in [3.63, 3.8) is 0 Å². The zero-order chi connectivity index (χ0) is 27.3. The second kappa shape index (κ2) is 11.8. The van der Waals surface area contributed by atoms with E-state index in [1.54, 1.807) is 0 Å². The summed E-state index contributed by atoms with van der Waals surface area (Å²) in [5, 5.41) is 13.9. The van der Waals surface area contributed by atoms with Crippen LogP contribution in [0.3, 0.4) is 0 Å². The van der Waals surface area contributed by atoms with E-state index in [1.165, 1.54) is 6.07 Å². The Morgan fingerprint density at radius 3 is 2.18 bits per heavy atom. The summed E-state index contributed by atoms with van der Waals surface area (Å²) in [5.74, 6) is 0.557. The van der Waals surface area contributed by atoms with Gasteiger partial charge in [-0.15, -0.1) is 0 Å². The molecule has 204 valence electrons. The summed E-state index contributed by atoms with van der Waals surface area (Å²) in [6.07, 6.45) is -8.14. The minimum absolute atomic E-state index is 0.0957. The average molecular weight is 539 g/mol. The van der Waals surface area contributed by atoms with Crippen LogP contribution in [0.2, 0.25) is 0 Å². The Morgan fingerprint density at radius 1 is 0.895 bits per heavy atom. The zero-order valence-electron chi connectivity index (χ0n) is 20.4. The van der Waals surface area contributed by atoms with Crippen LogP contribution in [0.4, 0.5) is 26.3 Å². The first-order valence-corrected chi connectivity index (χ1v) is 12.3. The third kappa shape index (κ3) is 7.78. The molecule has 0 aliphatic heterocycles. The Labute approximate surface area is 216 Å². The summed E-state index contributed by atoms with van der Waals surface area (Å²) < 4.78 is 86.0. The van der Waals surface area contributed by atoms with Gasteiger partial charge in [0.25, 0.3) is 0 Å². The molecular formula is C28H28F6N2O2. The van der Waals surface area contributed by atoms with Gasteiger partial charge >= 0.3 is 12.4 Å². The SMILES string of the molecule is O[C@H](CN[C@H](COCC1CC1)Cc1ccccc1)c1ccc(-c2ccc(C(F)(F)F)cc2)nc1C(F)(F)F. The van der Waals surface area contributed by atoms with Crippen molar-refractivity contribution in [2.45, 2.75) is 43.8 Å². The van der Waals surface area contributed by atoms with Crippen LogP contribution in [-0.2, 0) is 23.5 Å². The van der Waals surface area contributed by atoms with Crippen molar-refractivity contribution >= 4 is 0 Å². The first-order chi connectivity index (χ1) is 18.0. The van der Waals surface area contributed by atoms with Gasteiger partial charge in [-0.25, -0.2) is 4.98 Å². The summed E-state index contributed by atoms with van der Waals surface area (Å²) in [6, 6.07) is 15.4. The number of hydrogen-bond acceptors (Lipinski definition) is 4. The molecule has 0 saturated heterocycles. The van der Waals surface area contributed by atoms with Crippen LogP contribution in [0.15, 0.2) is 66.7 Å². The molecule has 4 nitrogen and oxygen atoms in total. The molecule has 0 amide bonds. The Morgan fingerprint density at radius 2 is 1.58 bits per heavy atom. The maximum Gasteiger partial charge on any atom is 0.433 e. The maximum absolute atomic E-state index is 13.9. The number of rotatable bonds is 11. The van der Waals surface area contributed by atoms with Gasteiger partial charge in [0, 0.05) is 30.3 Å². The maximum atomic E-state index is 13.9. The molecule has 0 spiro atoms. The number of alkyl halides is 6. The number of pyridine rings is 1. The molecule has 1 aliphatic carbocycles. The normalized spacial score (nSPS) is 15.9. The highest BCUT2D eigenvalue weighted by Gasteiger charge is 2.37. The predicted molar refractivity (Wildman–Crippen MR) is 130 cm³/mol. The van der Waals surface area contributed by atoms with Crippen LogP contribution < -0.4 is 5.32 Å². The number of hydrogen-bond donors (Lipinski definition) is 2. The Balaban J connectivity index is 1.49. The van der Waals surface area contributed by atoms with Gasteiger partial charge in [0.1, 0.15) is 0 Å². The summed E-state index contributed by atoms with van der Waals surface area (Å²) in [4.78, 5) is 3.68. The van der Waals surface area contributed by atoms with E-state index < -0.39 is 35.3 Å². The van der Waals surface area contributed by atoms with Gasteiger partial charge in [0.05, 0.1) is 24.0 Å². The molecule has 1 aromatic heterocycles. The average Bonchev–Trinajstić information content (AvgIpc) is 3.71. The van der Waals surface area contributed by atoms with Crippen molar-refractivity contribution in [1.29, 1.82) is 0 Å². The van der Waals surface area contributed by atoms with E-state index >= 15 is 0 Å². The van der Waals surface area contributed by atoms with Crippen LogP contribution in [0.5, 0.6) is 0 Å². The van der Waals surface area contributed by atoms with Crippen molar-refractivity contribution in [3.05, 3.63) is 89.1 Å². The van der Waals surface area contributed by atoms with E-state index in [0.29, 0.717) is 25.6 Å². The topological polar surface area (TPSA) is 54.4 Å². The van der Waals surface area contributed by atoms with Crippen LogP contribution >= 0.6 is 0 Å². The first kappa shape index (κ1) is 28.1. The first-order valence-electron chi connectivity index (χ1n) is 12.3. The van der Waals surface area contributed by atoms with Gasteiger partial charge in [0.2, 0.25) is 0 Å². The van der Waals surface area contributed by atoms with E-state index in [2.05, 4.69) is 10.3 Å². The quantitative estimate of drug-likeness (QED) is 0.276. The Bertz CT molecular complexity index is 1180. The molecule has 1 aliphatic rings. The predicted octanol–water partition coefficient (Wildman–Crippen LogP) is 6.45. The highest BCUT2D eigenvalue weighted by atomic mass is 19.4. The fourth-order valence-electron chi connectivity index (χ4n) is 4.09. The highest BCUT2D eigenvalue weighted by molar-refractivity contribution is 5.60. The van der Waals surface area contributed by atoms with Gasteiger partial charge < -0.3 is 15.2 Å². The smallest absolute Gasteiger partial charge is 0.387 e. The number of halogens is 6. The lowest BCUT2D eigenvalue weighted by molar-refractivity contribution is -0.142. The minimum atomic E-state index is -4.88. The molecule has 3 aromatic rings. The second-order valence-electron chi connectivity index (χ2n) is 9.50. The van der Waals surface area contributed by atoms with Crippen LogP contribution in [0.25, 0.3) is 11.3 Å². The van der Waals surface area contributed by atoms with Crippen molar-refractivity contribution in [2.24, 2.45) is 5.92 Å². The molecule has 0 radical (unpaired) electrons. The Hall–Kier alpha value is -2.95. The molecule has 2 atom stereocenters. The minimum Gasteiger partial charge on any atom is -0.387 e. The van der Waals surface area contributed by atoms with Crippen LogP contribution in [0.1, 0.15) is 41.3 Å². The molecule has 1 saturated carbocycles. The molecule has 38 heavy (non-hydrogen) atoms. The zero-order valence-corrected chi connectivity index (χ0v) is 20.4. The molecule has 1 heterocycles. The monoisotopic (exact) mass is 538 g/mol. The molecule has 4 rings (SSSR count). The summed E-state index contributed by atoms with van der Waals surface area (Å²) in [5.41, 5.74) is -1.65. The number of aromatic nitrogens is 1. The molecular weight excluding hydrogens is 510 g/mol. The Kier molecular flexibility index (Phi) is 8.74. The summed E-state index contributed by atoms with van der Waals surface area (Å²) in [6.45, 7) is 0.799. The van der Waals surface area contributed by atoms with E-state index in [-0.39, 0.29) is 23.8 Å². The molecule has 0 unspecified atom stereocenters. The van der Waals surface area contributed by atoms with Gasteiger partial charge in [-0.2, -0.15) is 26.3 Å². The van der Waals surface area contributed by atoms with Gasteiger partial charge in [0.15, 0.2) is 5.69 Å². The van der Waals surface area contributed by atoms with Crippen molar-refractivity contribution in [1.82, 2.24) is 10.3 Å². The highest BCUT2D eigenvalue weighted by Crippen LogP contribution is 2.36. The largest absolute Gasteiger partial charge is 0.433 e. The number of nitrogens with one attached hydrogen (secondary N) is 1. The van der Waals surface area contributed by atoms with Crippen LogP contribution in [0, 0.1) is 5.92 Å². The van der Waals surface area contributed by atoms with Gasteiger partial charge in [-0.3, -0.25) is 0 Å². The van der Waals surface area contributed by atoms with Gasteiger partial charge in [-0.1, -0.05) is 48.5 Å². The number of benzene rings is 2. The molecule has 1 fully saturated rings. The third-order valence-electron chi connectivity index (χ3n) is 6.36. The van der Waals surface area contributed by atoms with E-state index in [9.17, 15) is 31.4 Å². The summed E-state index contributed by atoms with van der Waals surface area (Å²) >= 11 is 0. The third-order valence-corrected chi connectivity index (χ3v) is 6.36. The lowest BCUT2D eigenvalue weighted by atomic mass is 10.0. The number of aliphatic hydroxyl groups excluding tert-OH is 1. The van der Waals surface area contributed by atoms with E-state index in [0.717, 1.165) is 48.7 Å². The fraction of sp³-hybridized carbons (Fsp3) is 0.393. The second-order valence-corrected chi connectivity index (χ2v) is 9.50. The molecule has 2 N–H and O–H groups in total. The lowest BCUT2D eigenvalue weighted by Crippen LogP contribution is -2.38. The van der Waals surface area contributed by atoms with Crippen molar-refractivity contribution in [2.75, 3.05) is 19.8 Å². The summed E-state index contributed by atoms with van der Waals surface area (Å²) in [7, 11) is 0. The molecule has 0 bridgehead atoms. The fourth-order valence-corrected chi connectivity index (χ4v) is 4.09. The van der Waals surface area contributed by atoms with Crippen molar-refractivity contribution < 1.29 is 36.2 Å². The standard InChI is InChI=1S/C28H28F6N2O2/c29-27(30,31)21-10-8-20(9-11-21)24-13-12-23(26(36-24)28(32,33)34)25(37)15-35-22(17-38-16-19-6-7-19)14-18-4-2-1-3-5-18/h1-5,8-13,19,22,25,35,37H,6-7,14-17H2/t22-,25+/m0/s1. The van der Waals surface area contributed by atoms with Gasteiger partial charge in [-0.05, 0) is 48.9 Å². The lowest BCUT2D eigenvalue weighted by Gasteiger charge is -2.23. The van der Waals surface area contributed by atoms with E-state index in [1.807, 2.05) is 30.3 Å². The molecule has 2 aromatic carbocycles. The molecule has 10 heteroatoms. The van der Waals surface area contributed by atoms with Crippen molar-refractivity contribution in [3.8, 4) is 11.3 Å². The van der Waals surface area contributed by atoms with Crippen LogP contribution in [-0.4, -0.2) is 35.9 Å².